The fraction of sp³-hybridized carbons (Fsp3) is 0.333. The molecule has 0 heterocycles. The molecular weight excluding hydrogens is 497 g/mol. The number of sulfonamides is 1. The van der Waals surface area contributed by atoms with Gasteiger partial charge < -0.3 is 10.2 Å². The Labute approximate surface area is 203 Å². The van der Waals surface area contributed by atoms with Gasteiger partial charge in [-0.1, -0.05) is 53.0 Å². The van der Waals surface area contributed by atoms with Crippen LogP contribution in [0.15, 0.2) is 42.5 Å². The van der Waals surface area contributed by atoms with Gasteiger partial charge in [0.05, 0.1) is 12.8 Å². The molecule has 0 radical (unpaired) electrons. The number of nitrogens with zero attached hydrogens (tertiary/aromatic N) is 2. The van der Waals surface area contributed by atoms with Gasteiger partial charge in [-0.05, 0) is 42.3 Å². The van der Waals surface area contributed by atoms with Crippen LogP contribution in [-0.2, 0) is 32.7 Å². The Morgan fingerprint density at radius 1 is 1.03 bits per heavy atom. The molecule has 174 valence electrons. The predicted octanol–water partition coefficient (Wildman–Crippen LogP) is 3.57. The first kappa shape index (κ1) is 26.4. The van der Waals surface area contributed by atoms with E-state index in [-0.39, 0.29) is 13.1 Å². The highest BCUT2D eigenvalue weighted by Crippen LogP contribution is 2.21. The second kappa shape index (κ2) is 11.3. The molecule has 0 bridgehead atoms. The highest BCUT2D eigenvalue weighted by atomic mass is 35.5. The molecule has 0 unspecified atom stereocenters. The molecule has 1 atom stereocenters. The van der Waals surface area contributed by atoms with Gasteiger partial charge in [0.15, 0.2) is 0 Å². The van der Waals surface area contributed by atoms with Crippen LogP contribution in [0.3, 0.4) is 0 Å². The summed E-state index contributed by atoms with van der Waals surface area (Å²) in [5.74, 6) is -0.930. The molecule has 1 N–H and O–H groups in total. The van der Waals surface area contributed by atoms with Crippen molar-refractivity contribution in [1.29, 1.82) is 0 Å². The average Bonchev–Trinajstić information content (AvgIpc) is 2.71. The van der Waals surface area contributed by atoms with Crippen LogP contribution in [0.25, 0.3) is 0 Å². The van der Waals surface area contributed by atoms with E-state index in [1.165, 1.54) is 11.9 Å². The zero-order chi connectivity index (χ0) is 24.1. The van der Waals surface area contributed by atoms with Crippen molar-refractivity contribution in [2.24, 2.45) is 0 Å². The number of nitrogens with one attached hydrogen (secondary N) is 1. The highest BCUT2D eigenvalue weighted by Gasteiger charge is 2.28. The molecule has 0 saturated carbocycles. The molecule has 32 heavy (non-hydrogen) atoms. The summed E-state index contributed by atoms with van der Waals surface area (Å²) in [5.41, 5.74) is 1.41. The van der Waals surface area contributed by atoms with Crippen LogP contribution in [0.1, 0.15) is 18.1 Å². The van der Waals surface area contributed by atoms with Crippen molar-refractivity contribution >= 4 is 56.6 Å². The van der Waals surface area contributed by atoms with Gasteiger partial charge in [0.25, 0.3) is 0 Å². The van der Waals surface area contributed by atoms with E-state index < -0.39 is 34.4 Å². The highest BCUT2D eigenvalue weighted by molar-refractivity contribution is 7.88. The van der Waals surface area contributed by atoms with Crippen LogP contribution in [0.2, 0.25) is 15.1 Å². The van der Waals surface area contributed by atoms with Gasteiger partial charge in [0.1, 0.15) is 6.04 Å². The first-order valence-corrected chi connectivity index (χ1v) is 12.5. The van der Waals surface area contributed by atoms with Gasteiger partial charge in [0.2, 0.25) is 21.8 Å². The number of hydrogen-bond donors (Lipinski definition) is 1. The number of carbonyl (C=O) groups is 2. The van der Waals surface area contributed by atoms with Crippen LogP contribution in [-0.4, -0.2) is 55.3 Å². The Morgan fingerprint density at radius 3 is 2.19 bits per heavy atom. The quantitative estimate of drug-likeness (QED) is 0.548. The van der Waals surface area contributed by atoms with E-state index >= 15 is 0 Å². The Balaban J connectivity index is 2.18. The summed E-state index contributed by atoms with van der Waals surface area (Å²) in [6.07, 6.45) is 1.01. The number of rotatable bonds is 9. The minimum Gasteiger partial charge on any atom is -0.350 e. The first-order chi connectivity index (χ1) is 14.9. The van der Waals surface area contributed by atoms with Gasteiger partial charge >= 0.3 is 0 Å². The molecule has 0 aromatic heterocycles. The molecule has 0 fully saturated rings. The van der Waals surface area contributed by atoms with Gasteiger partial charge in [-0.3, -0.25) is 9.59 Å². The third-order valence-corrected chi connectivity index (χ3v) is 6.93. The van der Waals surface area contributed by atoms with Gasteiger partial charge in [-0.25, -0.2) is 8.42 Å². The smallest absolute Gasteiger partial charge is 0.242 e. The molecule has 2 rings (SSSR count). The maximum atomic E-state index is 13.0. The minimum absolute atomic E-state index is 0.101. The number of benzene rings is 2. The molecule has 2 amide bonds. The Morgan fingerprint density at radius 2 is 1.62 bits per heavy atom. The summed E-state index contributed by atoms with van der Waals surface area (Å²) < 4.78 is 24.4. The van der Waals surface area contributed by atoms with Crippen LogP contribution in [0.4, 0.5) is 0 Å². The third kappa shape index (κ3) is 7.64. The number of hydrogen-bond acceptors (Lipinski definition) is 4. The maximum Gasteiger partial charge on any atom is 0.242 e. The zero-order valence-corrected chi connectivity index (χ0v) is 20.9. The van der Waals surface area contributed by atoms with Gasteiger partial charge in [0, 0.05) is 35.2 Å². The second-order valence-corrected chi connectivity index (χ2v) is 10.7. The number of likely N-dealkylation sites (N-methyl/N-ethyl adjacent to an activating group) is 1. The van der Waals surface area contributed by atoms with E-state index in [0.717, 1.165) is 16.1 Å². The van der Waals surface area contributed by atoms with E-state index in [2.05, 4.69) is 5.32 Å². The fourth-order valence-corrected chi connectivity index (χ4v) is 3.71. The Kier molecular flexibility index (Phi) is 9.36. The van der Waals surface area contributed by atoms with E-state index in [1.807, 2.05) is 0 Å². The molecule has 0 spiro atoms. The van der Waals surface area contributed by atoms with E-state index in [1.54, 1.807) is 49.4 Å². The normalized spacial score (nSPS) is 12.5. The SMILES string of the molecule is C[C@H](C(=O)NCc1ccc(Cl)cc1Cl)N(Cc1ccc(Cl)cc1)C(=O)CN(C)S(C)(=O)=O. The Hall–Kier alpha value is -1.84. The van der Waals surface area contributed by atoms with Crippen LogP contribution in [0.5, 0.6) is 0 Å². The van der Waals surface area contributed by atoms with Gasteiger partial charge in [-0.15, -0.1) is 0 Å². The molecule has 11 heteroatoms. The average molecular weight is 521 g/mol. The zero-order valence-electron chi connectivity index (χ0n) is 17.8. The number of carbonyl (C=O) groups excluding carboxylic acids is 2. The van der Waals surface area contributed by atoms with Crippen LogP contribution < -0.4 is 5.32 Å². The van der Waals surface area contributed by atoms with E-state index in [4.69, 9.17) is 34.8 Å². The maximum absolute atomic E-state index is 13.0. The lowest BCUT2D eigenvalue weighted by molar-refractivity contribution is -0.140. The monoisotopic (exact) mass is 519 g/mol. The standard InChI is InChI=1S/C21H24Cl3N3O4S/c1-14(21(29)25-11-16-6-9-18(23)10-19(16)24)27(12-15-4-7-17(22)8-5-15)20(28)13-26(2)32(3,30)31/h4-10,14H,11-13H2,1-3H3,(H,25,29)/t14-/m1/s1. The summed E-state index contributed by atoms with van der Waals surface area (Å²) in [7, 11) is -2.26. The van der Waals surface area contributed by atoms with Crippen molar-refractivity contribution in [3.63, 3.8) is 0 Å². The van der Waals surface area contributed by atoms with Crippen molar-refractivity contribution in [2.45, 2.75) is 26.1 Å². The molecule has 2 aromatic carbocycles. The van der Waals surface area contributed by atoms with Crippen molar-refractivity contribution in [2.75, 3.05) is 19.8 Å². The van der Waals surface area contributed by atoms with Crippen molar-refractivity contribution in [3.05, 3.63) is 68.7 Å². The van der Waals surface area contributed by atoms with Crippen molar-refractivity contribution in [3.8, 4) is 0 Å². The first-order valence-electron chi connectivity index (χ1n) is 9.55. The van der Waals surface area contributed by atoms with Gasteiger partial charge in [-0.2, -0.15) is 4.31 Å². The van der Waals surface area contributed by atoms with Crippen LogP contribution in [0, 0.1) is 0 Å². The minimum atomic E-state index is -3.57. The topological polar surface area (TPSA) is 86.8 Å². The third-order valence-electron chi connectivity index (χ3n) is 4.83. The largest absolute Gasteiger partial charge is 0.350 e. The fourth-order valence-electron chi connectivity index (χ4n) is 2.76. The molecule has 0 saturated heterocycles. The molecule has 0 aliphatic heterocycles. The molecular formula is C21H24Cl3N3O4S. The molecule has 0 aliphatic rings. The summed E-state index contributed by atoms with van der Waals surface area (Å²) >= 11 is 18.0. The molecule has 2 aromatic rings. The summed E-state index contributed by atoms with van der Waals surface area (Å²) in [6.45, 7) is 1.43. The van der Waals surface area contributed by atoms with E-state index in [9.17, 15) is 18.0 Å². The summed E-state index contributed by atoms with van der Waals surface area (Å²) in [6, 6.07) is 10.9. The lowest BCUT2D eigenvalue weighted by atomic mass is 10.1. The lowest BCUT2D eigenvalue weighted by Crippen LogP contribution is -2.50. The number of halogens is 3. The molecule has 0 aliphatic carbocycles. The summed E-state index contributed by atoms with van der Waals surface area (Å²) in [4.78, 5) is 27.1. The van der Waals surface area contributed by atoms with Crippen molar-refractivity contribution < 1.29 is 18.0 Å². The molecule has 7 nitrogen and oxygen atoms in total. The predicted molar refractivity (Wildman–Crippen MR) is 127 cm³/mol. The Bertz CT molecular complexity index is 1080. The summed E-state index contributed by atoms with van der Waals surface area (Å²) in [5, 5.41) is 4.19. The number of amides is 2. The second-order valence-electron chi connectivity index (χ2n) is 7.30. The van der Waals surface area contributed by atoms with Crippen molar-refractivity contribution in [1.82, 2.24) is 14.5 Å². The lowest BCUT2D eigenvalue weighted by Gasteiger charge is -2.30. The van der Waals surface area contributed by atoms with Crippen LogP contribution >= 0.6 is 34.8 Å². The van der Waals surface area contributed by atoms with E-state index in [0.29, 0.717) is 20.6 Å².